The number of aromatic nitrogens is 2. The second-order valence-corrected chi connectivity index (χ2v) is 5.36. The molecule has 22 heavy (non-hydrogen) atoms. The Hall–Kier alpha value is -2.21. The summed E-state index contributed by atoms with van der Waals surface area (Å²) in [5.74, 6) is 0.791. The SMILES string of the molecule is O=C(CCNc1ncnc2ccccc12)NCC1CCCO1. The van der Waals surface area contributed by atoms with E-state index < -0.39 is 0 Å². The van der Waals surface area contributed by atoms with Crippen molar-refractivity contribution in [3.8, 4) is 0 Å². The summed E-state index contributed by atoms with van der Waals surface area (Å²) in [5.41, 5.74) is 0.892. The van der Waals surface area contributed by atoms with Gasteiger partial charge < -0.3 is 15.4 Å². The van der Waals surface area contributed by atoms with E-state index in [1.807, 2.05) is 24.3 Å². The van der Waals surface area contributed by atoms with Gasteiger partial charge in [0.2, 0.25) is 5.91 Å². The molecule has 0 bridgehead atoms. The third kappa shape index (κ3) is 3.71. The van der Waals surface area contributed by atoms with Crippen molar-refractivity contribution >= 4 is 22.6 Å². The highest BCUT2D eigenvalue weighted by Crippen LogP contribution is 2.18. The van der Waals surface area contributed by atoms with E-state index in [4.69, 9.17) is 4.74 Å². The van der Waals surface area contributed by atoms with Crippen molar-refractivity contribution in [3.63, 3.8) is 0 Å². The first-order valence-electron chi connectivity index (χ1n) is 7.65. The van der Waals surface area contributed by atoms with Crippen molar-refractivity contribution in [3.05, 3.63) is 30.6 Å². The molecule has 1 aromatic heterocycles. The Balaban J connectivity index is 1.46. The number of nitrogens with one attached hydrogen (secondary N) is 2. The van der Waals surface area contributed by atoms with Crippen molar-refractivity contribution in [1.82, 2.24) is 15.3 Å². The lowest BCUT2D eigenvalue weighted by Gasteiger charge is -2.11. The minimum atomic E-state index is 0.0290. The lowest BCUT2D eigenvalue weighted by atomic mass is 10.2. The van der Waals surface area contributed by atoms with Crippen LogP contribution in [0.5, 0.6) is 0 Å². The minimum absolute atomic E-state index is 0.0290. The predicted octanol–water partition coefficient (Wildman–Crippen LogP) is 1.73. The van der Waals surface area contributed by atoms with E-state index in [1.165, 1.54) is 6.33 Å². The Morgan fingerprint density at radius 3 is 3.09 bits per heavy atom. The quantitative estimate of drug-likeness (QED) is 0.849. The molecule has 0 aliphatic carbocycles. The van der Waals surface area contributed by atoms with Gasteiger partial charge in [-0.3, -0.25) is 4.79 Å². The van der Waals surface area contributed by atoms with Crippen LogP contribution in [0.4, 0.5) is 5.82 Å². The maximum Gasteiger partial charge on any atom is 0.221 e. The van der Waals surface area contributed by atoms with E-state index in [1.54, 1.807) is 0 Å². The average Bonchev–Trinajstić information content (AvgIpc) is 3.07. The van der Waals surface area contributed by atoms with E-state index >= 15 is 0 Å². The van der Waals surface area contributed by atoms with Crippen LogP contribution in [0.3, 0.4) is 0 Å². The van der Waals surface area contributed by atoms with Gasteiger partial charge in [0, 0.05) is 31.5 Å². The van der Waals surface area contributed by atoms with Gasteiger partial charge in [-0.1, -0.05) is 12.1 Å². The second-order valence-electron chi connectivity index (χ2n) is 5.36. The topological polar surface area (TPSA) is 76.1 Å². The van der Waals surface area contributed by atoms with Crippen LogP contribution in [0.15, 0.2) is 30.6 Å². The van der Waals surface area contributed by atoms with Crippen LogP contribution < -0.4 is 10.6 Å². The predicted molar refractivity (Wildman–Crippen MR) is 84.6 cm³/mol. The van der Waals surface area contributed by atoms with Gasteiger partial charge in [0.1, 0.15) is 12.1 Å². The summed E-state index contributed by atoms with van der Waals surface area (Å²) < 4.78 is 5.48. The van der Waals surface area contributed by atoms with Gasteiger partial charge >= 0.3 is 0 Å². The van der Waals surface area contributed by atoms with Crippen molar-refractivity contribution in [2.75, 3.05) is 25.0 Å². The molecule has 1 saturated heterocycles. The highest BCUT2D eigenvalue weighted by molar-refractivity contribution is 5.88. The van der Waals surface area contributed by atoms with Gasteiger partial charge in [0.15, 0.2) is 0 Å². The number of hydrogen-bond donors (Lipinski definition) is 2. The fraction of sp³-hybridized carbons (Fsp3) is 0.438. The largest absolute Gasteiger partial charge is 0.376 e. The smallest absolute Gasteiger partial charge is 0.221 e. The van der Waals surface area contributed by atoms with Crippen molar-refractivity contribution in [2.24, 2.45) is 0 Å². The number of amides is 1. The fourth-order valence-corrected chi connectivity index (χ4v) is 2.56. The number of anilines is 1. The average molecular weight is 300 g/mol. The highest BCUT2D eigenvalue weighted by Gasteiger charge is 2.15. The molecule has 1 aromatic carbocycles. The van der Waals surface area contributed by atoms with Crippen LogP contribution in [0, 0.1) is 0 Å². The van der Waals surface area contributed by atoms with E-state index in [0.29, 0.717) is 19.5 Å². The van der Waals surface area contributed by atoms with Gasteiger partial charge in [-0.15, -0.1) is 0 Å². The molecule has 0 spiro atoms. The summed E-state index contributed by atoms with van der Waals surface area (Å²) in [6, 6.07) is 7.80. The molecule has 1 amide bonds. The van der Waals surface area contributed by atoms with Crippen LogP contribution in [-0.2, 0) is 9.53 Å². The molecule has 1 aliphatic heterocycles. The van der Waals surface area contributed by atoms with Crippen molar-refractivity contribution in [2.45, 2.75) is 25.4 Å². The van der Waals surface area contributed by atoms with Crippen LogP contribution in [0.25, 0.3) is 10.9 Å². The number of benzene rings is 1. The molecular weight excluding hydrogens is 280 g/mol. The Labute approximate surface area is 129 Å². The molecule has 0 radical (unpaired) electrons. The van der Waals surface area contributed by atoms with Gasteiger partial charge in [-0.25, -0.2) is 9.97 Å². The van der Waals surface area contributed by atoms with Gasteiger partial charge in [0.05, 0.1) is 11.6 Å². The minimum Gasteiger partial charge on any atom is -0.376 e. The molecule has 1 fully saturated rings. The molecule has 2 heterocycles. The van der Waals surface area contributed by atoms with Gasteiger partial charge in [0.25, 0.3) is 0 Å². The second kappa shape index (κ2) is 7.17. The number of carbonyl (C=O) groups excluding carboxylic acids is 1. The van der Waals surface area contributed by atoms with E-state index in [9.17, 15) is 4.79 Å². The summed E-state index contributed by atoms with van der Waals surface area (Å²) in [6.45, 7) is 1.95. The molecule has 0 saturated carbocycles. The molecule has 2 N–H and O–H groups in total. The molecule has 1 unspecified atom stereocenters. The molecule has 1 atom stereocenters. The molecule has 116 valence electrons. The zero-order chi connectivity index (χ0) is 15.2. The van der Waals surface area contributed by atoms with E-state index in [-0.39, 0.29) is 12.0 Å². The zero-order valence-corrected chi connectivity index (χ0v) is 12.4. The number of ether oxygens (including phenoxy) is 1. The standard InChI is InChI=1S/C16H20N4O2/c21-15(18-10-12-4-3-9-22-12)7-8-17-16-13-5-1-2-6-14(13)19-11-20-16/h1-2,5-6,11-12H,3-4,7-10H2,(H,18,21)(H,17,19,20). The first kappa shape index (κ1) is 14.7. The molecule has 1 aliphatic rings. The van der Waals surface area contributed by atoms with Crippen molar-refractivity contribution in [1.29, 1.82) is 0 Å². The number of carbonyl (C=O) groups is 1. The van der Waals surface area contributed by atoms with Gasteiger partial charge in [-0.05, 0) is 25.0 Å². The summed E-state index contributed by atoms with van der Waals surface area (Å²) in [6.07, 6.45) is 4.24. The Kier molecular flexibility index (Phi) is 4.80. The van der Waals surface area contributed by atoms with Crippen LogP contribution >= 0.6 is 0 Å². The number of fused-ring (bicyclic) bond motifs is 1. The number of hydrogen-bond acceptors (Lipinski definition) is 5. The lowest BCUT2D eigenvalue weighted by molar-refractivity contribution is -0.121. The zero-order valence-electron chi connectivity index (χ0n) is 12.4. The Morgan fingerprint density at radius 1 is 1.32 bits per heavy atom. The summed E-state index contributed by atoms with van der Waals surface area (Å²) in [4.78, 5) is 20.3. The van der Waals surface area contributed by atoms with Crippen LogP contribution in [-0.4, -0.2) is 41.7 Å². The van der Waals surface area contributed by atoms with E-state index in [2.05, 4.69) is 20.6 Å². The number of rotatable bonds is 6. The monoisotopic (exact) mass is 300 g/mol. The summed E-state index contributed by atoms with van der Waals surface area (Å²) in [7, 11) is 0. The third-order valence-corrected chi connectivity index (χ3v) is 3.74. The molecule has 6 heteroatoms. The summed E-state index contributed by atoms with van der Waals surface area (Å²) in [5, 5.41) is 7.08. The van der Waals surface area contributed by atoms with Crippen LogP contribution in [0.1, 0.15) is 19.3 Å². The first-order valence-corrected chi connectivity index (χ1v) is 7.65. The lowest BCUT2D eigenvalue weighted by Crippen LogP contribution is -2.32. The van der Waals surface area contributed by atoms with E-state index in [0.717, 1.165) is 36.2 Å². The molecule has 2 aromatic rings. The first-order chi connectivity index (χ1) is 10.8. The van der Waals surface area contributed by atoms with Crippen LogP contribution in [0.2, 0.25) is 0 Å². The number of para-hydroxylation sites is 1. The number of nitrogens with zero attached hydrogens (tertiary/aromatic N) is 2. The highest BCUT2D eigenvalue weighted by atomic mass is 16.5. The summed E-state index contributed by atoms with van der Waals surface area (Å²) >= 11 is 0. The van der Waals surface area contributed by atoms with Crippen molar-refractivity contribution < 1.29 is 9.53 Å². The molecule has 6 nitrogen and oxygen atoms in total. The molecular formula is C16H20N4O2. The maximum atomic E-state index is 11.8. The maximum absolute atomic E-state index is 11.8. The molecule has 3 rings (SSSR count). The Morgan fingerprint density at radius 2 is 2.23 bits per heavy atom. The third-order valence-electron chi connectivity index (χ3n) is 3.74. The van der Waals surface area contributed by atoms with Gasteiger partial charge in [-0.2, -0.15) is 0 Å². The normalized spacial score (nSPS) is 17.5. The fourth-order valence-electron chi connectivity index (χ4n) is 2.56. The Bertz CT molecular complexity index is 636.